The normalized spacial score (nSPS) is 21.4. The molecule has 3 fully saturated rings. The highest BCUT2D eigenvalue weighted by molar-refractivity contribution is 7.92. The Morgan fingerprint density at radius 3 is 2.21 bits per heavy atom. The number of fused-ring (bicyclic) bond motifs is 2. The van der Waals surface area contributed by atoms with Crippen LogP contribution in [-0.4, -0.2) is 32.9 Å². The van der Waals surface area contributed by atoms with Gasteiger partial charge in [0.1, 0.15) is 6.04 Å². The quantitative estimate of drug-likeness (QED) is 0.243. The zero-order valence-corrected chi connectivity index (χ0v) is 25.2. The van der Waals surface area contributed by atoms with Crippen molar-refractivity contribution in [2.75, 3.05) is 16.6 Å². The van der Waals surface area contributed by atoms with Crippen LogP contribution in [0.5, 0.6) is 0 Å². The van der Waals surface area contributed by atoms with Crippen LogP contribution in [0.25, 0.3) is 0 Å². The molecule has 0 aliphatic heterocycles. The van der Waals surface area contributed by atoms with E-state index in [2.05, 4.69) is 34.5 Å². The van der Waals surface area contributed by atoms with Crippen LogP contribution in [0.3, 0.4) is 0 Å². The number of benzene rings is 3. The molecule has 2 bridgehead atoms. The molecule has 8 nitrogen and oxygen atoms in total. The summed E-state index contributed by atoms with van der Waals surface area (Å²) in [6.45, 7) is 7.20. The second kappa shape index (κ2) is 12.2. The predicted molar refractivity (Wildman–Crippen MR) is 166 cm³/mol. The monoisotopic (exact) mass is 588 g/mol. The summed E-state index contributed by atoms with van der Waals surface area (Å²) in [6.07, 6.45) is 3.95. The molecule has 42 heavy (non-hydrogen) atoms. The first kappa shape index (κ1) is 29.6. The van der Waals surface area contributed by atoms with Gasteiger partial charge in [-0.2, -0.15) is 0 Å². The topological polar surface area (TPSA) is 116 Å². The molecule has 3 amide bonds. The average Bonchev–Trinajstić information content (AvgIpc) is 2.97. The molecule has 3 aromatic rings. The third-order valence-electron chi connectivity index (χ3n) is 9.17. The molecule has 0 heterocycles. The molecule has 0 radical (unpaired) electrons. The average molecular weight is 589 g/mol. The second-order valence-electron chi connectivity index (χ2n) is 12.3. The van der Waals surface area contributed by atoms with E-state index in [1.54, 1.807) is 48.5 Å². The number of amides is 3. The Morgan fingerprint density at radius 2 is 1.57 bits per heavy atom. The zero-order valence-electron chi connectivity index (χ0n) is 24.4. The maximum Gasteiger partial charge on any atom is 0.319 e. The van der Waals surface area contributed by atoms with E-state index in [-0.39, 0.29) is 10.8 Å². The van der Waals surface area contributed by atoms with Gasteiger partial charge in [0.05, 0.1) is 4.90 Å². The van der Waals surface area contributed by atoms with E-state index >= 15 is 0 Å². The summed E-state index contributed by atoms with van der Waals surface area (Å²) in [5.74, 6) is 1.69. The summed E-state index contributed by atoms with van der Waals surface area (Å²) >= 11 is 0. The highest BCUT2D eigenvalue weighted by Crippen LogP contribution is 2.61. The molecule has 3 aromatic carbocycles. The van der Waals surface area contributed by atoms with Gasteiger partial charge in [-0.25, -0.2) is 13.2 Å². The Labute approximate surface area is 248 Å². The van der Waals surface area contributed by atoms with Crippen LogP contribution in [0.1, 0.15) is 44.2 Å². The van der Waals surface area contributed by atoms with Crippen molar-refractivity contribution >= 4 is 33.3 Å². The molecule has 4 N–H and O–H groups in total. The van der Waals surface area contributed by atoms with E-state index in [0.717, 1.165) is 23.5 Å². The van der Waals surface area contributed by atoms with Crippen LogP contribution in [0, 0.1) is 30.1 Å². The largest absolute Gasteiger partial charge is 0.354 e. The fraction of sp³-hybridized carbons (Fsp3) is 0.394. The Balaban J connectivity index is 1.19. The predicted octanol–water partition coefficient (Wildman–Crippen LogP) is 5.72. The Kier molecular flexibility index (Phi) is 8.59. The first-order valence-corrected chi connectivity index (χ1v) is 16.1. The molecule has 2 unspecified atom stereocenters. The lowest BCUT2D eigenvalue weighted by atomic mass is 9.45. The lowest BCUT2D eigenvalue weighted by molar-refractivity contribution is -0.126. The molecule has 3 aliphatic carbocycles. The van der Waals surface area contributed by atoms with E-state index < -0.39 is 22.1 Å². The van der Waals surface area contributed by atoms with Crippen LogP contribution in [0.2, 0.25) is 0 Å². The number of rotatable bonds is 10. The van der Waals surface area contributed by atoms with E-state index in [0.29, 0.717) is 41.6 Å². The number of anilines is 2. The van der Waals surface area contributed by atoms with Crippen molar-refractivity contribution in [1.82, 2.24) is 10.6 Å². The summed E-state index contributed by atoms with van der Waals surface area (Å²) in [6, 6.07) is 21.3. The number of sulfonamides is 1. The third-order valence-corrected chi connectivity index (χ3v) is 10.6. The lowest BCUT2D eigenvalue weighted by Crippen LogP contribution is -2.56. The van der Waals surface area contributed by atoms with Gasteiger partial charge in [0.2, 0.25) is 5.91 Å². The molecule has 9 heteroatoms. The van der Waals surface area contributed by atoms with Crippen molar-refractivity contribution in [2.24, 2.45) is 23.2 Å². The minimum Gasteiger partial charge on any atom is -0.354 e. The summed E-state index contributed by atoms with van der Waals surface area (Å²) in [7, 11) is -3.74. The molecule has 0 aromatic heterocycles. The van der Waals surface area contributed by atoms with E-state index in [1.807, 2.05) is 37.3 Å². The molecule has 4 atom stereocenters. The van der Waals surface area contributed by atoms with Crippen molar-refractivity contribution in [2.45, 2.75) is 57.4 Å². The number of carbonyl (C=O) groups is 2. The van der Waals surface area contributed by atoms with Gasteiger partial charge in [-0.05, 0) is 91.3 Å². The minimum absolute atomic E-state index is 0.168. The van der Waals surface area contributed by atoms with Crippen molar-refractivity contribution in [3.63, 3.8) is 0 Å². The summed E-state index contributed by atoms with van der Waals surface area (Å²) in [4.78, 5) is 26.5. The van der Waals surface area contributed by atoms with Crippen molar-refractivity contribution in [1.29, 1.82) is 0 Å². The number of hydrogen-bond acceptors (Lipinski definition) is 4. The number of urea groups is 1. The number of nitrogens with one attached hydrogen (secondary N) is 4. The second-order valence-corrected chi connectivity index (χ2v) is 14.0. The highest BCUT2D eigenvalue weighted by atomic mass is 32.2. The van der Waals surface area contributed by atoms with Crippen molar-refractivity contribution in [3.8, 4) is 0 Å². The molecule has 6 rings (SSSR count). The molecular formula is C33H40N4O4S. The summed E-state index contributed by atoms with van der Waals surface area (Å²) < 4.78 is 27.9. The van der Waals surface area contributed by atoms with E-state index in [4.69, 9.17) is 0 Å². The van der Waals surface area contributed by atoms with Crippen molar-refractivity contribution in [3.05, 3.63) is 90.0 Å². The Morgan fingerprint density at radius 1 is 0.905 bits per heavy atom. The van der Waals surface area contributed by atoms with Gasteiger partial charge < -0.3 is 16.0 Å². The van der Waals surface area contributed by atoms with Crippen LogP contribution >= 0.6 is 0 Å². The maximum atomic E-state index is 13.4. The Bertz CT molecular complexity index is 1500. The smallest absolute Gasteiger partial charge is 0.319 e. The zero-order chi connectivity index (χ0) is 29.9. The lowest BCUT2D eigenvalue weighted by Gasteiger charge is -2.60. The van der Waals surface area contributed by atoms with Gasteiger partial charge in [0, 0.05) is 24.3 Å². The molecule has 222 valence electrons. The van der Waals surface area contributed by atoms with Gasteiger partial charge in [0.15, 0.2) is 0 Å². The fourth-order valence-electron chi connectivity index (χ4n) is 6.50. The van der Waals surface area contributed by atoms with Gasteiger partial charge in [0.25, 0.3) is 10.0 Å². The standard InChI is InChI=1S/C33H40N4O4S/c1-22-9-17-28(18-10-22)42(40,41)37-27-15-13-26(14-16-27)35-32(39)36-30(19-23-7-5-4-6-8-23)31(38)34-21-24-11-12-25-20-29(24)33(25,2)3/h4-10,13-18,24-25,29-30,37H,11-12,19-21H2,1-3H3,(H,34,38)(H2,35,36,39)/t24-,25?,29?,30-/m1/s1. The minimum atomic E-state index is -3.74. The molecule has 3 aliphatic rings. The number of carbonyl (C=O) groups excluding carboxylic acids is 2. The molecule has 3 saturated carbocycles. The van der Waals surface area contributed by atoms with E-state index in [9.17, 15) is 18.0 Å². The number of aryl methyl sites for hydroxylation is 1. The fourth-order valence-corrected chi connectivity index (χ4v) is 7.56. The van der Waals surface area contributed by atoms with Crippen molar-refractivity contribution < 1.29 is 18.0 Å². The van der Waals surface area contributed by atoms with E-state index in [1.165, 1.54) is 12.8 Å². The Hall–Kier alpha value is -3.85. The summed E-state index contributed by atoms with van der Waals surface area (Å²) in [5.41, 5.74) is 3.09. The van der Waals surface area contributed by atoms with Gasteiger partial charge >= 0.3 is 6.03 Å². The summed E-state index contributed by atoms with van der Waals surface area (Å²) in [5, 5.41) is 8.74. The molecule has 0 spiro atoms. The van der Waals surface area contributed by atoms with Gasteiger partial charge in [-0.15, -0.1) is 0 Å². The SMILES string of the molecule is Cc1ccc(S(=O)(=O)Nc2ccc(NC(=O)N[C@H](Cc3ccccc3)C(=O)NC[C@H]3CCC4CC3C4(C)C)cc2)cc1. The van der Waals surface area contributed by atoms with Crippen LogP contribution in [-0.2, 0) is 21.2 Å². The van der Waals surface area contributed by atoms with Gasteiger partial charge in [-0.1, -0.05) is 61.9 Å². The van der Waals surface area contributed by atoms with Crippen LogP contribution < -0.4 is 20.7 Å². The van der Waals surface area contributed by atoms with Crippen LogP contribution in [0.15, 0.2) is 83.8 Å². The third kappa shape index (κ3) is 6.78. The molecular weight excluding hydrogens is 548 g/mol. The maximum absolute atomic E-state index is 13.4. The van der Waals surface area contributed by atoms with Crippen LogP contribution in [0.4, 0.5) is 16.2 Å². The first-order chi connectivity index (χ1) is 20.0. The first-order valence-electron chi connectivity index (χ1n) is 14.6. The number of hydrogen-bond donors (Lipinski definition) is 4. The van der Waals surface area contributed by atoms with Gasteiger partial charge in [-0.3, -0.25) is 9.52 Å². The molecule has 0 saturated heterocycles. The highest BCUT2D eigenvalue weighted by Gasteiger charge is 2.54.